The summed E-state index contributed by atoms with van der Waals surface area (Å²) in [5.41, 5.74) is 2.18. The molecule has 0 aliphatic carbocycles. The molecule has 4 nitrogen and oxygen atoms in total. The highest BCUT2D eigenvalue weighted by atomic mass is 16.6. The molecule has 2 rings (SSSR count). The van der Waals surface area contributed by atoms with Crippen molar-refractivity contribution in [2.45, 2.75) is 13.0 Å². The third-order valence-corrected chi connectivity index (χ3v) is 2.93. The molecule has 0 saturated carbocycles. The first-order valence-corrected chi connectivity index (χ1v) is 6.24. The van der Waals surface area contributed by atoms with E-state index < -0.39 is 0 Å². The van der Waals surface area contributed by atoms with Crippen LogP contribution in [0.3, 0.4) is 0 Å². The van der Waals surface area contributed by atoms with Gasteiger partial charge in [-0.05, 0) is 18.5 Å². The Balaban J connectivity index is 1.85. The highest BCUT2D eigenvalue weighted by Crippen LogP contribution is 2.17. The van der Waals surface area contributed by atoms with Crippen molar-refractivity contribution in [3.8, 4) is 0 Å². The van der Waals surface area contributed by atoms with E-state index in [2.05, 4.69) is 17.4 Å². The number of hydrogen-bond acceptors (Lipinski definition) is 3. The van der Waals surface area contributed by atoms with E-state index in [1.807, 2.05) is 30.3 Å². The number of benzene rings is 2. The zero-order valence-electron chi connectivity index (χ0n) is 10.6. The van der Waals surface area contributed by atoms with Crippen molar-refractivity contribution in [2.24, 2.45) is 0 Å². The van der Waals surface area contributed by atoms with Gasteiger partial charge in [-0.1, -0.05) is 48.5 Å². The lowest BCUT2D eigenvalue weighted by Gasteiger charge is -2.05. The van der Waals surface area contributed by atoms with Crippen LogP contribution in [-0.2, 0) is 13.0 Å². The van der Waals surface area contributed by atoms with E-state index in [4.69, 9.17) is 0 Å². The van der Waals surface area contributed by atoms with Crippen LogP contribution >= 0.6 is 0 Å². The summed E-state index contributed by atoms with van der Waals surface area (Å²) in [7, 11) is 0. The summed E-state index contributed by atoms with van der Waals surface area (Å²) in [4.78, 5) is 10.5. The van der Waals surface area contributed by atoms with Crippen molar-refractivity contribution < 1.29 is 4.92 Å². The molecule has 0 spiro atoms. The molecule has 4 heteroatoms. The highest BCUT2D eigenvalue weighted by molar-refractivity contribution is 5.39. The first-order chi connectivity index (χ1) is 9.27. The number of rotatable bonds is 6. The van der Waals surface area contributed by atoms with Crippen molar-refractivity contribution >= 4 is 5.69 Å². The fraction of sp³-hybridized carbons (Fsp3) is 0.200. The average Bonchev–Trinajstić information content (AvgIpc) is 2.45. The molecule has 0 radical (unpaired) electrons. The Kier molecular flexibility index (Phi) is 4.64. The van der Waals surface area contributed by atoms with Gasteiger partial charge in [0.15, 0.2) is 0 Å². The van der Waals surface area contributed by atoms with E-state index in [-0.39, 0.29) is 10.6 Å². The Bertz CT molecular complexity index is 541. The van der Waals surface area contributed by atoms with Crippen molar-refractivity contribution in [2.75, 3.05) is 6.54 Å². The first-order valence-electron chi connectivity index (χ1n) is 6.24. The van der Waals surface area contributed by atoms with Crippen LogP contribution in [0, 0.1) is 10.1 Å². The van der Waals surface area contributed by atoms with Crippen molar-refractivity contribution in [1.82, 2.24) is 5.32 Å². The monoisotopic (exact) mass is 256 g/mol. The quantitative estimate of drug-likeness (QED) is 0.491. The normalized spacial score (nSPS) is 10.3. The van der Waals surface area contributed by atoms with Gasteiger partial charge in [-0.15, -0.1) is 0 Å². The molecule has 0 aromatic heterocycles. The molecule has 0 aliphatic rings. The molecule has 0 saturated heterocycles. The van der Waals surface area contributed by atoms with Gasteiger partial charge in [-0.3, -0.25) is 10.1 Å². The topological polar surface area (TPSA) is 55.2 Å². The molecule has 0 atom stereocenters. The van der Waals surface area contributed by atoms with E-state index in [0.717, 1.165) is 18.7 Å². The maximum absolute atomic E-state index is 10.9. The van der Waals surface area contributed by atoms with Crippen molar-refractivity contribution in [1.29, 1.82) is 0 Å². The van der Waals surface area contributed by atoms with E-state index >= 15 is 0 Å². The van der Waals surface area contributed by atoms with Crippen LogP contribution in [0.5, 0.6) is 0 Å². The maximum atomic E-state index is 10.9. The Labute approximate surface area is 112 Å². The second-order valence-electron chi connectivity index (χ2n) is 4.30. The van der Waals surface area contributed by atoms with Crippen molar-refractivity contribution in [3.05, 3.63) is 75.8 Å². The van der Waals surface area contributed by atoms with Gasteiger partial charge in [0.25, 0.3) is 5.69 Å². The van der Waals surface area contributed by atoms with Crippen LogP contribution in [0.25, 0.3) is 0 Å². The summed E-state index contributed by atoms with van der Waals surface area (Å²) in [5, 5.41) is 14.2. The van der Waals surface area contributed by atoms with Gasteiger partial charge in [-0.2, -0.15) is 0 Å². The third-order valence-electron chi connectivity index (χ3n) is 2.93. The summed E-state index contributed by atoms with van der Waals surface area (Å²) >= 11 is 0. The highest BCUT2D eigenvalue weighted by Gasteiger charge is 2.11. The predicted octanol–water partition coefficient (Wildman–Crippen LogP) is 2.93. The van der Waals surface area contributed by atoms with E-state index in [9.17, 15) is 10.1 Å². The molecule has 0 amide bonds. The van der Waals surface area contributed by atoms with Crippen LogP contribution in [0.2, 0.25) is 0 Å². The fourth-order valence-electron chi connectivity index (χ4n) is 1.95. The van der Waals surface area contributed by atoms with Gasteiger partial charge >= 0.3 is 0 Å². The Morgan fingerprint density at radius 3 is 2.42 bits per heavy atom. The van der Waals surface area contributed by atoms with E-state index in [1.165, 1.54) is 5.56 Å². The lowest BCUT2D eigenvalue weighted by atomic mass is 10.1. The van der Waals surface area contributed by atoms with E-state index in [1.54, 1.807) is 12.1 Å². The van der Waals surface area contributed by atoms with Gasteiger partial charge < -0.3 is 5.32 Å². The number of para-hydroxylation sites is 1. The van der Waals surface area contributed by atoms with Crippen LogP contribution < -0.4 is 5.32 Å². The number of nitrogens with one attached hydrogen (secondary N) is 1. The van der Waals surface area contributed by atoms with Crippen LogP contribution in [-0.4, -0.2) is 11.5 Å². The van der Waals surface area contributed by atoms with Gasteiger partial charge in [0, 0.05) is 18.2 Å². The van der Waals surface area contributed by atoms with Gasteiger partial charge in [0.05, 0.1) is 4.92 Å². The molecule has 1 N–H and O–H groups in total. The van der Waals surface area contributed by atoms with Crippen LogP contribution in [0.1, 0.15) is 11.1 Å². The third kappa shape index (κ3) is 3.89. The lowest BCUT2D eigenvalue weighted by Crippen LogP contribution is -2.17. The molecule has 0 bridgehead atoms. The average molecular weight is 256 g/mol. The molecule has 2 aromatic carbocycles. The summed E-state index contributed by atoms with van der Waals surface area (Å²) in [6.07, 6.45) is 0.657. The van der Waals surface area contributed by atoms with E-state index in [0.29, 0.717) is 6.42 Å². The molecule has 0 unspecified atom stereocenters. The van der Waals surface area contributed by atoms with Gasteiger partial charge in [-0.25, -0.2) is 0 Å². The Morgan fingerprint density at radius 1 is 1.00 bits per heavy atom. The number of nitro benzene ring substituents is 1. The second kappa shape index (κ2) is 6.66. The second-order valence-corrected chi connectivity index (χ2v) is 4.30. The van der Waals surface area contributed by atoms with Crippen LogP contribution in [0.15, 0.2) is 54.6 Å². The molecular weight excluding hydrogens is 240 g/mol. The smallest absolute Gasteiger partial charge is 0.272 e. The van der Waals surface area contributed by atoms with Crippen molar-refractivity contribution in [3.63, 3.8) is 0 Å². The summed E-state index contributed by atoms with van der Waals surface area (Å²) in [5.74, 6) is 0. The lowest BCUT2D eigenvalue weighted by molar-refractivity contribution is -0.385. The van der Waals surface area contributed by atoms with Gasteiger partial charge in [0.2, 0.25) is 0 Å². The number of hydrogen-bond donors (Lipinski definition) is 1. The predicted molar refractivity (Wildman–Crippen MR) is 74.9 cm³/mol. The molecular formula is C15H16N2O2. The van der Waals surface area contributed by atoms with Gasteiger partial charge in [0.1, 0.15) is 0 Å². The number of nitrogens with zero attached hydrogens (tertiary/aromatic N) is 1. The molecule has 0 fully saturated rings. The zero-order valence-corrected chi connectivity index (χ0v) is 10.6. The maximum Gasteiger partial charge on any atom is 0.272 e. The summed E-state index contributed by atoms with van der Waals surface area (Å²) in [6.45, 7) is 1.50. The number of nitro groups is 1. The Morgan fingerprint density at radius 2 is 1.68 bits per heavy atom. The largest absolute Gasteiger partial charge is 0.312 e. The fourth-order valence-corrected chi connectivity index (χ4v) is 1.95. The molecule has 0 heterocycles. The molecule has 19 heavy (non-hydrogen) atoms. The minimum atomic E-state index is -0.327. The first kappa shape index (κ1) is 13.2. The molecule has 98 valence electrons. The standard InChI is InChI=1S/C15H16N2O2/c18-17(19)15-9-5-4-8-14(15)10-11-16-12-13-6-2-1-3-7-13/h1-9,16H,10-12H2. The minimum absolute atomic E-state index is 0.198. The summed E-state index contributed by atoms with van der Waals surface area (Å²) < 4.78 is 0. The zero-order chi connectivity index (χ0) is 13.5. The SMILES string of the molecule is O=[N+]([O-])c1ccccc1CCNCc1ccccc1. The summed E-state index contributed by atoms with van der Waals surface area (Å²) in [6, 6.07) is 17.0. The minimum Gasteiger partial charge on any atom is -0.312 e. The Hall–Kier alpha value is -2.20. The van der Waals surface area contributed by atoms with Crippen LogP contribution in [0.4, 0.5) is 5.69 Å². The molecule has 0 aliphatic heterocycles. The molecule has 2 aromatic rings.